The lowest BCUT2D eigenvalue weighted by atomic mass is 9.99. The van der Waals surface area contributed by atoms with E-state index in [1.165, 1.54) is 0 Å². The molecule has 1 heterocycles. The molecular weight excluding hydrogens is 287 g/mol. The van der Waals surface area contributed by atoms with Crippen LogP contribution < -0.4 is 0 Å². The minimum Gasteiger partial charge on any atom is -0.387 e. The van der Waals surface area contributed by atoms with Gasteiger partial charge < -0.3 is 39.4 Å². The van der Waals surface area contributed by atoms with E-state index < -0.39 is 51.7 Å². The van der Waals surface area contributed by atoms with Crippen molar-refractivity contribution in [1.29, 1.82) is 0 Å². The molecule has 0 aromatic rings. The fourth-order valence-electron chi connectivity index (χ4n) is 1.50. The molecule has 0 radical (unpaired) electrons. The van der Waals surface area contributed by atoms with Crippen LogP contribution >= 0.6 is 7.82 Å². The van der Waals surface area contributed by atoms with Crippen molar-refractivity contribution in [1.82, 2.24) is 0 Å². The molecule has 112 valence electrons. The smallest absolute Gasteiger partial charge is 0.387 e. The lowest BCUT2D eigenvalue weighted by Gasteiger charge is -2.39. The monoisotopic (exact) mass is 302 g/mol. The van der Waals surface area contributed by atoms with Gasteiger partial charge in [0.25, 0.3) is 0 Å². The van der Waals surface area contributed by atoms with Gasteiger partial charge in [-0.1, -0.05) is 0 Å². The van der Waals surface area contributed by atoms with Gasteiger partial charge in [-0.15, -0.1) is 0 Å². The zero-order valence-corrected chi connectivity index (χ0v) is 10.5. The Morgan fingerprint density at radius 2 is 1.79 bits per heavy atom. The number of aliphatic hydroxyl groups is 3. The molecule has 19 heavy (non-hydrogen) atoms. The number of ether oxygens (including phenoxy) is 2. The van der Waals surface area contributed by atoms with E-state index in [0.29, 0.717) is 6.29 Å². The molecule has 1 rings (SSSR count). The fraction of sp³-hybridized carbons (Fsp3) is 0.875. The maximum absolute atomic E-state index is 10.5. The van der Waals surface area contributed by atoms with Crippen molar-refractivity contribution in [2.24, 2.45) is 0 Å². The summed E-state index contributed by atoms with van der Waals surface area (Å²) in [6.07, 6.45) is -7.28. The predicted octanol–water partition coefficient (Wildman–Crippen LogP) is -2.88. The van der Waals surface area contributed by atoms with Gasteiger partial charge in [0.05, 0.1) is 6.61 Å². The molecule has 0 saturated carbocycles. The summed E-state index contributed by atoms with van der Waals surface area (Å²) in [4.78, 5) is 27.2. The summed E-state index contributed by atoms with van der Waals surface area (Å²) < 4.78 is 24.4. The van der Waals surface area contributed by atoms with E-state index in [9.17, 15) is 24.7 Å². The third kappa shape index (κ3) is 4.88. The minimum absolute atomic E-state index is 0.384. The Morgan fingerprint density at radius 1 is 1.16 bits per heavy atom. The quantitative estimate of drug-likeness (QED) is 0.254. The molecule has 1 saturated heterocycles. The van der Waals surface area contributed by atoms with E-state index in [-0.39, 0.29) is 0 Å². The van der Waals surface area contributed by atoms with Crippen LogP contribution in [-0.4, -0.2) is 75.3 Å². The van der Waals surface area contributed by atoms with E-state index in [0.717, 1.165) is 0 Å². The lowest BCUT2D eigenvalue weighted by Crippen LogP contribution is -2.59. The van der Waals surface area contributed by atoms with Crippen molar-refractivity contribution in [2.75, 3.05) is 13.2 Å². The Labute approximate surface area is 107 Å². The van der Waals surface area contributed by atoms with E-state index in [1.807, 2.05) is 0 Å². The van der Waals surface area contributed by atoms with Gasteiger partial charge in [-0.05, 0) is 0 Å². The van der Waals surface area contributed by atoms with Gasteiger partial charge >= 0.3 is 7.82 Å². The topological polar surface area (TPSA) is 163 Å². The summed E-state index contributed by atoms with van der Waals surface area (Å²) in [5.41, 5.74) is 0. The second-order valence-electron chi connectivity index (χ2n) is 3.80. The highest BCUT2D eigenvalue weighted by molar-refractivity contribution is 7.46. The number of carbonyl (C=O) groups excluding carboxylic acids is 1. The normalized spacial score (nSPS) is 36.2. The lowest BCUT2D eigenvalue weighted by molar-refractivity contribution is -0.297. The Kier molecular flexibility index (Phi) is 5.99. The number of hydrogen-bond donors (Lipinski definition) is 5. The van der Waals surface area contributed by atoms with Crippen LogP contribution in [0, 0.1) is 0 Å². The molecule has 5 atom stereocenters. The molecule has 1 fully saturated rings. The number of phosphoric acid groups is 1. The van der Waals surface area contributed by atoms with Crippen molar-refractivity contribution in [3.63, 3.8) is 0 Å². The molecule has 0 aliphatic carbocycles. The number of hydrogen-bond acceptors (Lipinski definition) is 8. The zero-order valence-electron chi connectivity index (χ0n) is 9.60. The molecular formula is C8H15O10P. The molecule has 0 spiro atoms. The SMILES string of the molecule is O=CCO[C@@H]1OC(COP(=O)(O)O)[C@H](O)[C@H](O)C1O. The molecule has 10 nitrogen and oxygen atoms in total. The summed E-state index contributed by atoms with van der Waals surface area (Å²) in [5.74, 6) is 0. The van der Waals surface area contributed by atoms with Gasteiger partial charge in [0.2, 0.25) is 0 Å². The first-order chi connectivity index (χ1) is 8.76. The minimum atomic E-state index is -4.77. The summed E-state index contributed by atoms with van der Waals surface area (Å²) >= 11 is 0. The summed E-state index contributed by atoms with van der Waals surface area (Å²) in [5, 5.41) is 28.6. The van der Waals surface area contributed by atoms with Gasteiger partial charge in [-0.2, -0.15) is 0 Å². The van der Waals surface area contributed by atoms with Crippen molar-refractivity contribution >= 4 is 14.1 Å². The van der Waals surface area contributed by atoms with Gasteiger partial charge in [0, 0.05) is 0 Å². The summed E-state index contributed by atoms with van der Waals surface area (Å²) in [7, 11) is -4.77. The van der Waals surface area contributed by atoms with E-state index in [1.54, 1.807) is 0 Å². The van der Waals surface area contributed by atoms with Crippen molar-refractivity contribution < 1.29 is 48.5 Å². The van der Waals surface area contributed by atoms with E-state index in [2.05, 4.69) is 4.52 Å². The Balaban J connectivity index is 2.64. The average Bonchev–Trinajstić information content (AvgIpc) is 2.33. The van der Waals surface area contributed by atoms with Crippen molar-refractivity contribution in [2.45, 2.75) is 30.7 Å². The number of carbonyl (C=O) groups is 1. The highest BCUT2D eigenvalue weighted by Crippen LogP contribution is 2.37. The van der Waals surface area contributed by atoms with Gasteiger partial charge in [0.15, 0.2) is 6.29 Å². The Morgan fingerprint density at radius 3 is 2.32 bits per heavy atom. The first-order valence-corrected chi connectivity index (χ1v) is 6.74. The van der Waals surface area contributed by atoms with Crippen LogP contribution in [0.1, 0.15) is 0 Å². The van der Waals surface area contributed by atoms with Crippen molar-refractivity contribution in [3.05, 3.63) is 0 Å². The number of rotatable bonds is 6. The molecule has 0 aromatic carbocycles. The van der Waals surface area contributed by atoms with Crippen LogP contribution in [0.15, 0.2) is 0 Å². The molecule has 2 unspecified atom stereocenters. The molecule has 0 bridgehead atoms. The second kappa shape index (κ2) is 6.84. The first kappa shape index (κ1) is 16.6. The van der Waals surface area contributed by atoms with Crippen LogP contribution in [0.2, 0.25) is 0 Å². The van der Waals surface area contributed by atoms with Crippen LogP contribution in [-0.2, 0) is 23.4 Å². The number of aliphatic hydroxyl groups excluding tert-OH is 3. The molecule has 0 amide bonds. The fourth-order valence-corrected chi connectivity index (χ4v) is 1.84. The molecule has 1 aliphatic rings. The third-order valence-electron chi connectivity index (χ3n) is 2.40. The molecule has 1 aliphatic heterocycles. The summed E-state index contributed by atoms with van der Waals surface area (Å²) in [6.45, 7) is -1.15. The molecule has 11 heteroatoms. The second-order valence-corrected chi connectivity index (χ2v) is 5.04. The predicted molar refractivity (Wildman–Crippen MR) is 56.7 cm³/mol. The van der Waals surface area contributed by atoms with E-state index >= 15 is 0 Å². The number of aldehydes is 1. The van der Waals surface area contributed by atoms with E-state index in [4.69, 9.17) is 19.3 Å². The van der Waals surface area contributed by atoms with Crippen molar-refractivity contribution in [3.8, 4) is 0 Å². The average molecular weight is 302 g/mol. The van der Waals surface area contributed by atoms with Crippen LogP contribution in [0.5, 0.6) is 0 Å². The Bertz CT molecular complexity index is 342. The van der Waals surface area contributed by atoms with Crippen LogP contribution in [0.4, 0.5) is 0 Å². The highest BCUT2D eigenvalue weighted by atomic mass is 31.2. The number of phosphoric ester groups is 1. The zero-order chi connectivity index (χ0) is 14.6. The van der Waals surface area contributed by atoms with Gasteiger partial charge in [-0.3, -0.25) is 4.52 Å². The van der Waals surface area contributed by atoms with Gasteiger partial charge in [-0.25, -0.2) is 4.57 Å². The standard InChI is InChI=1S/C8H15O10P/c9-1-2-16-8-7(12)6(11)5(10)4(18-8)3-17-19(13,14)15/h1,4-8,10-12H,2-3H2,(H2,13,14,15)/t4?,5-,6-,7?,8+/m0/s1. The van der Waals surface area contributed by atoms with Gasteiger partial charge in [0.1, 0.15) is 37.3 Å². The Hall–Kier alpha value is -0.420. The first-order valence-electron chi connectivity index (χ1n) is 5.21. The van der Waals surface area contributed by atoms with Crippen LogP contribution in [0.3, 0.4) is 0 Å². The molecule has 0 aromatic heterocycles. The summed E-state index contributed by atoms with van der Waals surface area (Å²) in [6, 6.07) is 0. The maximum Gasteiger partial charge on any atom is 0.469 e. The third-order valence-corrected chi connectivity index (χ3v) is 2.89. The maximum atomic E-state index is 10.5. The van der Waals surface area contributed by atoms with Crippen LogP contribution in [0.25, 0.3) is 0 Å². The largest absolute Gasteiger partial charge is 0.469 e. The molecule has 5 N–H and O–H groups in total. The highest BCUT2D eigenvalue weighted by Gasteiger charge is 2.44.